The number of rotatable bonds is 9. The number of pyridine rings is 1. The van der Waals surface area contributed by atoms with Gasteiger partial charge in [-0.1, -0.05) is 30.3 Å². The van der Waals surface area contributed by atoms with Crippen LogP contribution in [0.2, 0.25) is 0 Å². The summed E-state index contributed by atoms with van der Waals surface area (Å²) in [6.45, 7) is 6.42. The topological polar surface area (TPSA) is 110 Å². The summed E-state index contributed by atoms with van der Waals surface area (Å²) in [6, 6.07) is 16.5. The zero-order valence-corrected chi connectivity index (χ0v) is 29.0. The summed E-state index contributed by atoms with van der Waals surface area (Å²) in [5, 5.41) is 5.77. The molecule has 2 atom stereocenters. The van der Waals surface area contributed by atoms with Crippen LogP contribution in [0.1, 0.15) is 56.9 Å². The standard InChI is InChI=1S/C37H41F3N6O5/c1-36(2,3)51-35(49)43(23-31-29-7-5-6-8-30(29)34(48)45(42-31)20-24-9-14-28(50-4)15-10-24)18-17-33(47)46-26-12-13-27(46)22-44(21-26)32-16-11-25(19-41-32)37(38,39)40/h5-11,14-16,19,26-27H,12-13,17-18,20-23H2,1-4H3. The minimum atomic E-state index is -4.47. The number of hydrogen-bond donors (Lipinski definition) is 0. The van der Waals surface area contributed by atoms with Gasteiger partial charge in [0.05, 0.1) is 36.8 Å². The molecule has 14 heteroatoms. The summed E-state index contributed by atoms with van der Waals surface area (Å²) in [4.78, 5) is 50.2. The summed E-state index contributed by atoms with van der Waals surface area (Å²) in [6.07, 6.45) is -2.71. The van der Waals surface area contributed by atoms with Gasteiger partial charge in [0.2, 0.25) is 5.91 Å². The van der Waals surface area contributed by atoms with Crippen LogP contribution < -0.4 is 15.2 Å². The number of carbonyl (C=O) groups excluding carboxylic acids is 2. The lowest BCUT2D eigenvalue weighted by Crippen LogP contribution is -2.56. The fourth-order valence-electron chi connectivity index (χ4n) is 6.77. The number of hydrogen-bond acceptors (Lipinski definition) is 8. The molecule has 2 bridgehead atoms. The highest BCUT2D eigenvalue weighted by Crippen LogP contribution is 2.34. The van der Waals surface area contributed by atoms with E-state index in [0.29, 0.717) is 41.1 Å². The van der Waals surface area contributed by atoms with Crippen LogP contribution in [-0.2, 0) is 28.8 Å². The normalized spacial score (nSPS) is 17.5. The van der Waals surface area contributed by atoms with Gasteiger partial charge < -0.3 is 24.2 Å². The van der Waals surface area contributed by atoms with Crippen molar-refractivity contribution in [1.29, 1.82) is 0 Å². The van der Waals surface area contributed by atoms with Crippen molar-refractivity contribution < 1.29 is 32.2 Å². The number of anilines is 1. The van der Waals surface area contributed by atoms with Crippen LogP contribution in [0, 0.1) is 0 Å². The fourth-order valence-corrected chi connectivity index (χ4v) is 6.77. The second kappa shape index (κ2) is 14.2. The number of halogens is 3. The summed E-state index contributed by atoms with van der Waals surface area (Å²) < 4.78 is 51.6. The largest absolute Gasteiger partial charge is 0.497 e. The third-order valence-corrected chi connectivity index (χ3v) is 9.19. The lowest BCUT2D eigenvalue weighted by molar-refractivity contribution is -0.138. The Morgan fingerprint density at radius 2 is 1.61 bits per heavy atom. The van der Waals surface area contributed by atoms with E-state index < -0.39 is 23.4 Å². The molecular weight excluding hydrogens is 665 g/mol. The molecule has 4 aromatic rings. The van der Waals surface area contributed by atoms with Crippen LogP contribution in [0.5, 0.6) is 5.75 Å². The average molecular weight is 707 g/mol. The molecule has 2 saturated heterocycles. The van der Waals surface area contributed by atoms with Crippen molar-refractivity contribution in [1.82, 2.24) is 24.6 Å². The van der Waals surface area contributed by atoms with Crippen molar-refractivity contribution in [3.8, 4) is 5.75 Å². The molecular formula is C37H41F3N6O5. The Labute approximate surface area is 293 Å². The zero-order chi connectivity index (χ0) is 36.5. The molecule has 0 spiro atoms. The molecule has 0 aliphatic carbocycles. The number of nitrogens with zero attached hydrogens (tertiary/aromatic N) is 6. The van der Waals surface area contributed by atoms with E-state index in [4.69, 9.17) is 14.6 Å². The molecule has 51 heavy (non-hydrogen) atoms. The average Bonchev–Trinajstić information content (AvgIpc) is 3.36. The second-order valence-electron chi connectivity index (χ2n) is 13.9. The molecule has 2 unspecified atom stereocenters. The number of amides is 2. The van der Waals surface area contributed by atoms with E-state index in [1.807, 2.05) is 21.9 Å². The Kier molecular flexibility index (Phi) is 9.96. The van der Waals surface area contributed by atoms with Gasteiger partial charge in [-0.05, 0) is 69.5 Å². The number of alkyl halides is 3. The number of carbonyl (C=O) groups is 2. The summed E-state index contributed by atoms with van der Waals surface area (Å²) >= 11 is 0. The van der Waals surface area contributed by atoms with E-state index in [1.165, 1.54) is 15.6 Å². The number of aromatic nitrogens is 3. The molecule has 4 heterocycles. The highest BCUT2D eigenvalue weighted by atomic mass is 19.4. The van der Waals surface area contributed by atoms with E-state index in [1.54, 1.807) is 64.3 Å². The molecule has 2 aliphatic heterocycles. The number of piperazine rings is 1. The smallest absolute Gasteiger partial charge is 0.417 e. The maximum atomic E-state index is 13.8. The van der Waals surface area contributed by atoms with Crippen LogP contribution in [-0.4, -0.2) is 81.0 Å². The molecule has 11 nitrogen and oxygen atoms in total. The van der Waals surface area contributed by atoms with E-state index in [-0.39, 0.29) is 49.6 Å². The number of ether oxygens (including phenoxy) is 2. The van der Waals surface area contributed by atoms with Crippen molar-refractivity contribution in [2.45, 2.75) is 77.0 Å². The zero-order valence-electron chi connectivity index (χ0n) is 29.0. The first kappa shape index (κ1) is 35.7. The minimum absolute atomic E-state index is 0.00811. The van der Waals surface area contributed by atoms with Gasteiger partial charge in [0.25, 0.3) is 5.56 Å². The lowest BCUT2D eigenvalue weighted by atomic mass is 10.1. The molecule has 0 saturated carbocycles. The third kappa shape index (κ3) is 8.10. The number of fused-ring (bicyclic) bond motifs is 3. The molecule has 2 aromatic carbocycles. The second-order valence-corrected chi connectivity index (χ2v) is 13.9. The predicted octanol–water partition coefficient (Wildman–Crippen LogP) is 5.87. The SMILES string of the molecule is COc1ccc(Cn2nc(CN(CCC(=O)N3C4CCC3CN(c3ccc(C(F)(F)F)cn3)C4)C(=O)OC(C)(C)C)c3ccccc3c2=O)cc1. The molecule has 2 aliphatic rings. The predicted molar refractivity (Wildman–Crippen MR) is 184 cm³/mol. The molecule has 0 radical (unpaired) electrons. The first-order valence-electron chi connectivity index (χ1n) is 16.9. The number of methoxy groups -OCH3 is 1. The van der Waals surface area contributed by atoms with E-state index >= 15 is 0 Å². The quantitative estimate of drug-likeness (QED) is 0.213. The van der Waals surface area contributed by atoms with Crippen molar-refractivity contribution in [2.75, 3.05) is 31.6 Å². The van der Waals surface area contributed by atoms with Gasteiger partial charge >= 0.3 is 12.3 Å². The molecule has 2 aromatic heterocycles. The van der Waals surface area contributed by atoms with Crippen LogP contribution in [0.4, 0.5) is 23.8 Å². The Morgan fingerprint density at radius 1 is 0.941 bits per heavy atom. The van der Waals surface area contributed by atoms with Crippen molar-refractivity contribution in [3.63, 3.8) is 0 Å². The fraction of sp³-hybridized carbons (Fsp3) is 0.432. The van der Waals surface area contributed by atoms with E-state index in [9.17, 15) is 27.6 Å². The molecule has 2 amide bonds. The van der Waals surface area contributed by atoms with E-state index in [2.05, 4.69) is 4.98 Å². The van der Waals surface area contributed by atoms with Crippen LogP contribution in [0.25, 0.3) is 10.8 Å². The van der Waals surface area contributed by atoms with Crippen LogP contribution in [0.3, 0.4) is 0 Å². The molecule has 0 N–H and O–H groups in total. The lowest BCUT2D eigenvalue weighted by Gasteiger charge is -2.42. The van der Waals surface area contributed by atoms with Crippen molar-refractivity contribution >= 4 is 28.6 Å². The monoisotopic (exact) mass is 706 g/mol. The first-order valence-corrected chi connectivity index (χ1v) is 16.9. The summed E-state index contributed by atoms with van der Waals surface area (Å²) in [5.74, 6) is 1.00. The van der Waals surface area contributed by atoms with Crippen LogP contribution in [0.15, 0.2) is 71.7 Å². The maximum Gasteiger partial charge on any atom is 0.417 e. The van der Waals surface area contributed by atoms with Crippen molar-refractivity contribution in [3.05, 3.63) is 94.0 Å². The number of benzene rings is 2. The molecule has 6 rings (SSSR count). The summed E-state index contributed by atoms with van der Waals surface area (Å²) in [7, 11) is 1.58. The molecule has 270 valence electrons. The van der Waals surface area contributed by atoms with Gasteiger partial charge in [0.1, 0.15) is 17.2 Å². The van der Waals surface area contributed by atoms with Gasteiger partial charge in [0.15, 0.2) is 0 Å². The van der Waals surface area contributed by atoms with Crippen LogP contribution >= 0.6 is 0 Å². The Balaban J connectivity index is 1.20. The van der Waals surface area contributed by atoms with Gasteiger partial charge in [0, 0.05) is 49.7 Å². The van der Waals surface area contributed by atoms with Gasteiger partial charge in [-0.3, -0.25) is 9.59 Å². The van der Waals surface area contributed by atoms with Gasteiger partial charge in [-0.25, -0.2) is 14.5 Å². The maximum absolute atomic E-state index is 13.8. The Hall–Kier alpha value is -5.14. The third-order valence-electron chi connectivity index (χ3n) is 9.19. The van der Waals surface area contributed by atoms with Gasteiger partial charge in [-0.15, -0.1) is 0 Å². The Morgan fingerprint density at radius 3 is 2.20 bits per heavy atom. The molecule has 2 fully saturated rings. The highest BCUT2D eigenvalue weighted by Gasteiger charge is 2.43. The van der Waals surface area contributed by atoms with Gasteiger partial charge in [-0.2, -0.15) is 18.3 Å². The van der Waals surface area contributed by atoms with E-state index in [0.717, 1.165) is 30.7 Å². The Bertz CT molecular complexity index is 1930. The minimum Gasteiger partial charge on any atom is -0.497 e. The van der Waals surface area contributed by atoms with Crippen molar-refractivity contribution in [2.24, 2.45) is 0 Å². The highest BCUT2D eigenvalue weighted by molar-refractivity contribution is 5.84. The summed E-state index contributed by atoms with van der Waals surface area (Å²) in [5.41, 5.74) is -0.564. The first-order chi connectivity index (χ1) is 24.2.